The van der Waals surface area contributed by atoms with E-state index in [-0.39, 0.29) is 6.04 Å². The minimum absolute atomic E-state index is 0.0199. The highest BCUT2D eigenvalue weighted by atomic mass is 35.5. The number of piperazine rings is 1. The van der Waals surface area contributed by atoms with E-state index in [9.17, 15) is 13.2 Å². The van der Waals surface area contributed by atoms with Gasteiger partial charge in [0.15, 0.2) is 0 Å². The first-order chi connectivity index (χ1) is 11.9. The fraction of sp³-hybridized carbons (Fsp3) is 0.368. The molecule has 1 aliphatic heterocycles. The molecule has 0 amide bonds. The van der Waals surface area contributed by atoms with Crippen molar-refractivity contribution in [2.24, 2.45) is 0 Å². The molecule has 0 bridgehead atoms. The normalized spacial score (nSPS) is 18.2. The molecule has 2 nitrogen and oxygen atoms in total. The average molecular weight is 369 g/mol. The highest BCUT2D eigenvalue weighted by Gasteiger charge is 2.33. The zero-order chi connectivity index (χ0) is 17.9. The summed E-state index contributed by atoms with van der Waals surface area (Å²) in [6.45, 7) is 1.18. The molecule has 0 N–H and O–H groups in total. The molecule has 6 heteroatoms. The molecule has 1 heterocycles. The van der Waals surface area contributed by atoms with Gasteiger partial charge in [-0.3, -0.25) is 9.80 Å². The van der Waals surface area contributed by atoms with Crippen LogP contribution in [0, 0.1) is 0 Å². The van der Waals surface area contributed by atoms with E-state index in [2.05, 4.69) is 17.0 Å². The summed E-state index contributed by atoms with van der Waals surface area (Å²) < 4.78 is 37.8. The van der Waals surface area contributed by atoms with Crippen molar-refractivity contribution in [1.82, 2.24) is 9.80 Å². The Labute approximate surface area is 150 Å². The number of hydrogen-bond acceptors (Lipinski definition) is 2. The van der Waals surface area contributed by atoms with Crippen LogP contribution in [-0.4, -0.2) is 48.7 Å². The lowest BCUT2D eigenvalue weighted by Crippen LogP contribution is -2.50. The fourth-order valence-corrected chi connectivity index (χ4v) is 3.45. The number of nitrogens with zero attached hydrogens (tertiary/aromatic N) is 2. The van der Waals surface area contributed by atoms with Crippen molar-refractivity contribution >= 4 is 11.6 Å². The summed E-state index contributed by atoms with van der Waals surface area (Å²) in [6.07, 6.45) is -4.14. The molecule has 1 saturated heterocycles. The Hall–Kier alpha value is -1.56. The maximum Gasteiger partial charge on any atom is 0.401 e. The van der Waals surface area contributed by atoms with Gasteiger partial charge in [0.1, 0.15) is 0 Å². The van der Waals surface area contributed by atoms with Gasteiger partial charge in [0.2, 0.25) is 0 Å². The Balaban J connectivity index is 1.78. The highest BCUT2D eigenvalue weighted by Crippen LogP contribution is 2.30. The monoisotopic (exact) mass is 368 g/mol. The van der Waals surface area contributed by atoms with Gasteiger partial charge in [-0.05, 0) is 23.3 Å². The molecule has 1 atom stereocenters. The molecule has 0 spiro atoms. The minimum Gasteiger partial charge on any atom is -0.292 e. The Bertz CT molecular complexity index is 665. The molecule has 25 heavy (non-hydrogen) atoms. The zero-order valence-electron chi connectivity index (χ0n) is 13.7. The third-order valence-electron chi connectivity index (χ3n) is 4.48. The van der Waals surface area contributed by atoms with Crippen molar-refractivity contribution in [2.75, 3.05) is 32.7 Å². The van der Waals surface area contributed by atoms with Crippen LogP contribution in [0.4, 0.5) is 13.2 Å². The van der Waals surface area contributed by atoms with E-state index in [0.717, 1.165) is 11.1 Å². The number of hydrogen-bond donors (Lipinski definition) is 0. The minimum atomic E-state index is -4.14. The van der Waals surface area contributed by atoms with Crippen molar-refractivity contribution in [3.05, 3.63) is 70.7 Å². The summed E-state index contributed by atoms with van der Waals surface area (Å²) in [7, 11) is 0. The van der Waals surface area contributed by atoms with Gasteiger partial charge in [0, 0.05) is 31.2 Å². The van der Waals surface area contributed by atoms with Crippen molar-refractivity contribution in [3.8, 4) is 0 Å². The summed E-state index contributed by atoms with van der Waals surface area (Å²) in [5, 5.41) is 0.672. The maximum atomic E-state index is 12.6. The van der Waals surface area contributed by atoms with Crippen LogP contribution >= 0.6 is 11.6 Å². The molecule has 2 aromatic rings. The van der Waals surface area contributed by atoms with Gasteiger partial charge < -0.3 is 0 Å². The second kappa shape index (κ2) is 7.77. The van der Waals surface area contributed by atoms with Gasteiger partial charge in [-0.2, -0.15) is 13.2 Å². The quantitative estimate of drug-likeness (QED) is 0.777. The second-order valence-corrected chi connectivity index (χ2v) is 6.73. The first-order valence-corrected chi connectivity index (χ1v) is 8.64. The van der Waals surface area contributed by atoms with E-state index in [1.54, 1.807) is 0 Å². The molecule has 0 aromatic heterocycles. The molecule has 1 fully saturated rings. The van der Waals surface area contributed by atoms with Gasteiger partial charge in [-0.25, -0.2) is 0 Å². The lowest BCUT2D eigenvalue weighted by Gasteiger charge is -2.40. The van der Waals surface area contributed by atoms with E-state index in [1.807, 2.05) is 42.5 Å². The third kappa shape index (κ3) is 4.97. The van der Waals surface area contributed by atoms with E-state index >= 15 is 0 Å². The van der Waals surface area contributed by atoms with Crippen LogP contribution in [0.1, 0.15) is 17.2 Å². The van der Waals surface area contributed by atoms with Crippen LogP contribution in [0.25, 0.3) is 0 Å². The van der Waals surface area contributed by atoms with Gasteiger partial charge in [-0.1, -0.05) is 54.1 Å². The van der Waals surface area contributed by atoms with Gasteiger partial charge in [-0.15, -0.1) is 0 Å². The molecular weight excluding hydrogens is 349 g/mol. The predicted octanol–water partition coefficient (Wildman–Crippen LogP) is 4.61. The molecule has 134 valence electrons. The fourth-order valence-electron chi connectivity index (χ4n) is 3.33. The Kier molecular flexibility index (Phi) is 5.67. The summed E-state index contributed by atoms with van der Waals surface area (Å²) in [6, 6.07) is 17.7. The SMILES string of the molecule is FC(F)(F)CN1CCN([C@@H](c2ccccc2)c2ccc(Cl)cc2)CC1. The van der Waals surface area contributed by atoms with Gasteiger partial charge >= 0.3 is 6.18 Å². The van der Waals surface area contributed by atoms with Crippen molar-refractivity contribution in [3.63, 3.8) is 0 Å². The second-order valence-electron chi connectivity index (χ2n) is 6.29. The number of alkyl halides is 3. The van der Waals surface area contributed by atoms with Gasteiger partial charge in [0.25, 0.3) is 0 Å². The third-order valence-corrected chi connectivity index (χ3v) is 4.73. The average Bonchev–Trinajstić information content (AvgIpc) is 2.58. The van der Waals surface area contributed by atoms with Crippen LogP contribution in [0.2, 0.25) is 5.02 Å². The van der Waals surface area contributed by atoms with Crippen LogP contribution in [0.15, 0.2) is 54.6 Å². The maximum absolute atomic E-state index is 12.6. The van der Waals surface area contributed by atoms with E-state index in [4.69, 9.17) is 11.6 Å². The standard InChI is InChI=1S/C19H20ClF3N2/c20-17-8-6-16(7-9-17)18(15-4-2-1-3-5-15)25-12-10-24(11-13-25)14-19(21,22)23/h1-9,18H,10-14H2/t18-/m0/s1. The Morgan fingerprint density at radius 3 is 1.96 bits per heavy atom. The topological polar surface area (TPSA) is 6.48 Å². The molecule has 0 aliphatic carbocycles. The summed E-state index contributed by atoms with van der Waals surface area (Å²) in [5.41, 5.74) is 2.23. The smallest absolute Gasteiger partial charge is 0.292 e. The summed E-state index contributed by atoms with van der Waals surface area (Å²) in [4.78, 5) is 3.71. The summed E-state index contributed by atoms with van der Waals surface area (Å²) in [5.74, 6) is 0. The van der Waals surface area contributed by atoms with E-state index in [0.29, 0.717) is 31.2 Å². The van der Waals surface area contributed by atoms with Crippen molar-refractivity contribution in [2.45, 2.75) is 12.2 Å². The lowest BCUT2D eigenvalue weighted by atomic mass is 9.96. The Morgan fingerprint density at radius 2 is 1.40 bits per heavy atom. The number of rotatable bonds is 4. The predicted molar refractivity (Wildman–Crippen MR) is 93.8 cm³/mol. The van der Waals surface area contributed by atoms with Crippen LogP contribution in [-0.2, 0) is 0 Å². The van der Waals surface area contributed by atoms with E-state index < -0.39 is 12.7 Å². The lowest BCUT2D eigenvalue weighted by molar-refractivity contribution is -0.149. The van der Waals surface area contributed by atoms with Crippen LogP contribution in [0.5, 0.6) is 0 Å². The largest absolute Gasteiger partial charge is 0.401 e. The molecule has 3 rings (SSSR count). The number of halogens is 4. The molecule has 2 aromatic carbocycles. The number of benzene rings is 2. The van der Waals surface area contributed by atoms with Crippen LogP contribution < -0.4 is 0 Å². The molecule has 1 aliphatic rings. The Morgan fingerprint density at radius 1 is 0.840 bits per heavy atom. The highest BCUT2D eigenvalue weighted by molar-refractivity contribution is 6.30. The van der Waals surface area contributed by atoms with E-state index in [1.165, 1.54) is 4.90 Å². The first kappa shape index (κ1) is 18.2. The zero-order valence-corrected chi connectivity index (χ0v) is 14.5. The van der Waals surface area contributed by atoms with Crippen molar-refractivity contribution in [1.29, 1.82) is 0 Å². The van der Waals surface area contributed by atoms with Crippen LogP contribution in [0.3, 0.4) is 0 Å². The van der Waals surface area contributed by atoms with Crippen molar-refractivity contribution < 1.29 is 13.2 Å². The molecule has 0 radical (unpaired) electrons. The first-order valence-electron chi connectivity index (χ1n) is 8.26. The summed E-state index contributed by atoms with van der Waals surface area (Å²) >= 11 is 6.00. The van der Waals surface area contributed by atoms with Gasteiger partial charge in [0.05, 0.1) is 12.6 Å². The molecule has 0 saturated carbocycles. The molecular formula is C19H20ClF3N2. The molecule has 0 unspecified atom stereocenters.